The Balaban J connectivity index is 2.25. The third-order valence-electron chi connectivity index (χ3n) is 4.38. The summed E-state index contributed by atoms with van der Waals surface area (Å²) in [5.41, 5.74) is 9.25. The molecule has 3 heteroatoms. The topological polar surface area (TPSA) is 46.3 Å². The van der Waals surface area contributed by atoms with E-state index in [1.54, 1.807) is 0 Å². The Labute approximate surface area is 122 Å². The van der Waals surface area contributed by atoms with Gasteiger partial charge >= 0.3 is 0 Å². The van der Waals surface area contributed by atoms with Gasteiger partial charge in [0, 0.05) is 18.2 Å². The molecule has 110 valence electrons. The molecule has 0 bridgehead atoms. The van der Waals surface area contributed by atoms with Gasteiger partial charge in [0.15, 0.2) is 0 Å². The first-order valence-electron chi connectivity index (χ1n) is 7.66. The highest BCUT2D eigenvalue weighted by Crippen LogP contribution is 2.33. The van der Waals surface area contributed by atoms with E-state index in [0.29, 0.717) is 12.5 Å². The lowest BCUT2D eigenvalue weighted by molar-refractivity contribution is -0.123. The lowest BCUT2D eigenvalue weighted by atomic mass is 9.94. The molecule has 0 unspecified atom stereocenters. The lowest BCUT2D eigenvalue weighted by Crippen LogP contribution is -2.39. The number of nitrogens with two attached hydrogens (primary N) is 1. The molecule has 3 nitrogen and oxygen atoms in total. The number of aryl methyl sites for hydroxylation is 2. The SMILES string of the molecule is CCN(C(=O)[C@@H]1CCC[C@@H]1CN)c1cc(C)cc(C)c1. The lowest BCUT2D eigenvalue weighted by Gasteiger charge is -2.27. The van der Waals surface area contributed by atoms with Crippen molar-refractivity contribution in [3.05, 3.63) is 29.3 Å². The number of carbonyl (C=O) groups excluding carboxylic acids is 1. The van der Waals surface area contributed by atoms with Gasteiger partial charge in [0.25, 0.3) is 0 Å². The summed E-state index contributed by atoms with van der Waals surface area (Å²) in [4.78, 5) is 14.8. The van der Waals surface area contributed by atoms with E-state index in [1.165, 1.54) is 11.1 Å². The largest absolute Gasteiger partial charge is 0.330 e. The van der Waals surface area contributed by atoms with Gasteiger partial charge in [-0.3, -0.25) is 4.79 Å². The van der Waals surface area contributed by atoms with E-state index < -0.39 is 0 Å². The molecule has 1 aromatic carbocycles. The van der Waals surface area contributed by atoms with Crippen LogP contribution in [0.1, 0.15) is 37.3 Å². The first-order valence-corrected chi connectivity index (χ1v) is 7.66. The van der Waals surface area contributed by atoms with E-state index in [4.69, 9.17) is 5.73 Å². The van der Waals surface area contributed by atoms with Crippen molar-refractivity contribution >= 4 is 11.6 Å². The monoisotopic (exact) mass is 274 g/mol. The van der Waals surface area contributed by atoms with E-state index in [0.717, 1.165) is 31.5 Å². The summed E-state index contributed by atoms with van der Waals surface area (Å²) in [5.74, 6) is 0.730. The number of rotatable bonds is 4. The Kier molecular flexibility index (Phi) is 4.81. The molecule has 1 aliphatic carbocycles. The summed E-state index contributed by atoms with van der Waals surface area (Å²) in [6.07, 6.45) is 3.21. The average molecular weight is 274 g/mol. The molecule has 0 heterocycles. The Morgan fingerprint density at radius 1 is 1.25 bits per heavy atom. The molecule has 1 fully saturated rings. The minimum atomic E-state index is 0.112. The molecule has 1 aromatic rings. The molecule has 0 saturated heterocycles. The fourth-order valence-electron chi connectivity index (χ4n) is 3.42. The van der Waals surface area contributed by atoms with Crippen molar-refractivity contribution in [3.8, 4) is 0 Å². The van der Waals surface area contributed by atoms with Crippen molar-refractivity contribution in [3.63, 3.8) is 0 Å². The van der Waals surface area contributed by atoms with Crippen LogP contribution >= 0.6 is 0 Å². The Morgan fingerprint density at radius 2 is 1.90 bits per heavy atom. The summed E-state index contributed by atoms with van der Waals surface area (Å²) < 4.78 is 0. The van der Waals surface area contributed by atoms with Gasteiger partial charge in [-0.2, -0.15) is 0 Å². The first kappa shape index (κ1) is 15.0. The quantitative estimate of drug-likeness (QED) is 0.917. The van der Waals surface area contributed by atoms with Crippen LogP contribution in [-0.2, 0) is 4.79 Å². The highest BCUT2D eigenvalue weighted by atomic mass is 16.2. The highest BCUT2D eigenvalue weighted by molar-refractivity contribution is 5.95. The van der Waals surface area contributed by atoms with Crippen molar-refractivity contribution in [2.75, 3.05) is 18.0 Å². The van der Waals surface area contributed by atoms with Crippen LogP contribution in [-0.4, -0.2) is 19.0 Å². The van der Waals surface area contributed by atoms with Gasteiger partial charge in [-0.25, -0.2) is 0 Å². The van der Waals surface area contributed by atoms with Gasteiger partial charge in [0.1, 0.15) is 0 Å². The van der Waals surface area contributed by atoms with Crippen molar-refractivity contribution in [1.29, 1.82) is 0 Å². The number of benzene rings is 1. The summed E-state index contributed by atoms with van der Waals surface area (Å²) in [5, 5.41) is 0. The van der Waals surface area contributed by atoms with Gasteiger partial charge in [-0.1, -0.05) is 12.5 Å². The maximum absolute atomic E-state index is 12.8. The van der Waals surface area contributed by atoms with Crippen LogP contribution in [0.3, 0.4) is 0 Å². The first-order chi connectivity index (χ1) is 9.56. The number of hydrogen-bond acceptors (Lipinski definition) is 2. The van der Waals surface area contributed by atoms with Crippen molar-refractivity contribution < 1.29 is 4.79 Å². The molecular formula is C17H26N2O. The second kappa shape index (κ2) is 6.40. The molecule has 1 saturated carbocycles. The molecule has 2 atom stereocenters. The van der Waals surface area contributed by atoms with Crippen molar-refractivity contribution in [1.82, 2.24) is 0 Å². The van der Waals surface area contributed by atoms with Crippen LogP contribution in [0, 0.1) is 25.7 Å². The van der Waals surface area contributed by atoms with Crippen LogP contribution < -0.4 is 10.6 Å². The molecule has 2 N–H and O–H groups in total. The zero-order chi connectivity index (χ0) is 14.7. The second-order valence-electron chi connectivity index (χ2n) is 5.96. The molecule has 2 rings (SSSR count). The molecule has 0 aliphatic heterocycles. The zero-order valence-electron chi connectivity index (χ0n) is 12.9. The van der Waals surface area contributed by atoms with E-state index in [-0.39, 0.29) is 11.8 Å². The Bertz CT molecular complexity index is 464. The van der Waals surface area contributed by atoms with Crippen LogP contribution in [0.4, 0.5) is 5.69 Å². The van der Waals surface area contributed by atoms with E-state index in [1.807, 2.05) is 11.8 Å². The highest BCUT2D eigenvalue weighted by Gasteiger charge is 2.34. The van der Waals surface area contributed by atoms with Crippen molar-refractivity contribution in [2.45, 2.75) is 40.0 Å². The minimum Gasteiger partial charge on any atom is -0.330 e. The molecule has 0 radical (unpaired) electrons. The molecule has 1 amide bonds. The number of anilines is 1. The third-order valence-corrected chi connectivity index (χ3v) is 4.38. The molecule has 0 spiro atoms. The van der Waals surface area contributed by atoms with Gasteiger partial charge in [-0.05, 0) is 69.3 Å². The van der Waals surface area contributed by atoms with Gasteiger partial charge in [0.2, 0.25) is 5.91 Å². The Hall–Kier alpha value is -1.35. The summed E-state index contributed by atoms with van der Waals surface area (Å²) >= 11 is 0. The maximum Gasteiger partial charge on any atom is 0.230 e. The standard InChI is InChI=1S/C17H26N2O/c1-4-19(15-9-12(2)8-13(3)10-15)17(20)16-7-5-6-14(16)11-18/h8-10,14,16H,4-7,11,18H2,1-3H3/t14-,16-/m1/s1. The normalized spacial score (nSPS) is 22.0. The second-order valence-corrected chi connectivity index (χ2v) is 5.96. The third kappa shape index (κ3) is 3.04. The molecule has 1 aliphatic rings. The zero-order valence-corrected chi connectivity index (χ0v) is 12.9. The van der Waals surface area contributed by atoms with E-state index in [9.17, 15) is 4.79 Å². The summed E-state index contributed by atoms with van der Waals surface area (Å²) in [6, 6.07) is 6.33. The Morgan fingerprint density at radius 3 is 2.45 bits per heavy atom. The van der Waals surface area contributed by atoms with Crippen molar-refractivity contribution in [2.24, 2.45) is 17.6 Å². The fraction of sp³-hybridized carbons (Fsp3) is 0.588. The van der Waals surface area contributed by atoms with Gasteiger partial charge in [-0.15, -0.1) is 0 Å². The average Bonchev–Trinajstić information content (AvgIpc) is 2.86. The smallest absolute Gasteiger partial charge is 0.230 e. The minimum absolute atomic E-state index is 0.112. The van der Waals surface area contributed by atoms with Gasteiger partial charge in [0.05, 0.1) is 0 Å². The molecule has 0 aromatic heterocycles. The van der Waals surface area contributed by atoms with E-state index >= 15 is 0 Å². The van der Waals surface area contributed by atoms with Gasteiger partial charge < -0.3 is 10.6 Å². The van der Waals surface area contributed by atoms with Crippen LogP contribution in [0.5, 0.6) is 0 Å². The van der Waals surface area contributed by atoms with Crippen LogP contribution in [0.2, 0.25) is 0 Å². The predicted octanol–water partition coefficient (Wildman–Crippen LogP) is 3.03. The fourth-order valence-corrected chi connectivity index (χ4v) is 3.42. The van der Waals surface area contributed by atoms with E-state index in [2.05, 4.69) is 32.0 Å². The molecule has 20 heavy (non-hydrogen) atoms. The predicted molar refractivity (Wildman–Crippen MR) is 83.8 cm³/mol. The number of hydrogen-bond donors (Lipinski definition) is 1. The molecular weight excluding hydrogens is 248 g/mol. The van der Waals surface area contributed by atoms with Crippen LogP contribution in [0.15, 0.2) is 18.2 Å². The van der Waals surface area contributed by atoms with Crippen LogP contribution in [0.25, 0.3) is 0 Å². The summed E-state index contributed by atoms with van der Waals surface area (Å²) in [7, 11) is 0. The number of amides is 1. The number of carbonyl (C=O) groups is 1. The maximum atomic E-state index is 12.8. The summed E-state index contributed by atoms with van der Waals surface area (Å²) in [6.45, 7) is 7.54. The number of nitrogens with zero attached hydrogens (tertiary/aromatic N) is 1.